The minimum atomic E-state index is -0.268. The van der Waals surface area contributed by atoms with Crippen molar-refractivity contribution >= 4 is 17.5 Å². The van der Waals surface area contributed by atoms with Gasteiger partial charge in [-0.05, 0) is 55.3 Å². The first-order chi connectivity index (χ1) is 15.5. The number of carbonyl (C=O) groups excluding carboxylic acids is 2. The van der Waals surface area contributed by atoms with Gasteiger partial charge in [0.2, 0.25) is 0 Å². The molecule has 1 heterocycles. The number of amides is 2. The van der Waals surface area contributed by atoms with E-state index in [4.69, 9.17) is 9.47 Å². The van der Waals surface area contributed by atoms with Gasteiger partial charge >= 0.3 is 0 Å². The van der Waals surface area contributed by atoms with Crippen LogP contribution in [0.2, 0.25) is 0 Å². The van der Waals surface area contributed by atoms with Crippen LogP contribution < -0.4 is 14.8 Å². The molecule has 164 valence electrons. The molecule has 0 aromatic heterocycles. The highest BCUT2D eigenvalue weighted by Crippen LogP contribution is 2.29. The minimum absolute atomic E-state index is 0.0131. The van der Waals surface area contributed by atoms with Crippen LogP contribution in [0.3, 0.4) is 0 Å². The fourth-order valence-electron chi connectivity index (χ4n) is 3.87. The predicted molar refractivity (Wildman–Crippen MR) is 123 cm³/mol. The van der Waals surface area contributed by atoms with Crippen LogP contribution >= 0.6 is 0 Å². The van der Waals surface area contributed by atoms with Crippen molar-refractivity contribution in [2.45, 2.75) is 19.9 Å². The van der Waals surface area contributed by atoms with E-state index in [1.807, 2.05) is 42.2 Å². The fourth-order valence-corrected chi connectivity index (χ4v) is 3.87. The molecule has 0 atom stereocenters. The third-order valence-corrected chi connectivity index (χ3v) is 5.47. The highest BCUT2D eigenvalue weighted by atomic mass is 16.5. The Balaban J connectivity index is 1.40. The average Bonchev–Trinajstić information content (AvgIpc) is 2.80. The third kappa shape index (κ3) is 4.91. The number of anilines is 1. The number of methoxy groups -OCH3 is 1. The molecule has 0 spiro atoms. The number of hydrogen-bond acceptors (Lipinski definition) is 4. The Morgan fingerprint density at radius 1 is 1.06 bits per heavy atom. The van der Waals surface area contributed by atoms with Gasteiger partial charge in [0.15, 0.2) is 6.61 Å². The lowest BCUT2D eigenvalue weighted by atomic mass is 9.97. The topological polar surface area (TPSA) is 67.9 Å². The fraction of sp³-hybridized carbons (Fsp3) is 0.231. The Morgan fingerprint density at radius 2 is 1.84 bits per heavy atom. The smallest absolute Gasteiger partial charge is 0.262 e. The molecule has 6 nitrogen and oxygen atoms in total. The molecule has 0 saturated heterocycles. The number of benzene rings is 3. The van der Waals surface area contributed by atoms with E-state index in [1.54, 1.807) is 37.4 Å². The highest BCUT2D eigenvalue weighted by Gasteiger charge is 2.26. The first-order valence-corrected chi connectivity index (χ1v) is 10.6. The molecule has 3 aromatic rings. The highest BCUT2D eigenvalue weighted by molar-refractivity contribution is 5.97. The Labute approximate surface area is 187 Å². The molecule has 1 aliphatic rings. The van der Waals surface area contributed by atoms with Crippen LogP contribution in [0, 0.1) is 6.92 Å². The van der Waals surface area contributed by atoms with Gasteiger partial charge in [0.1, 0.15) is 11.5 Å². The first-order valence-electron chi connectivity index (χ1n) is 10.6. The normalized spacial score (nSPS) is 12.8. The van der Waals surface area contributed by atoms with Crippen molar-refractivity contribution in [3.05, 3.63) is 89.0 Å². The van der Waals surface area contributed by atoms with E-state index in [0.717, 1.165) is 16.9 Å². The van der Waals surface area contributed by atoms with Crippen LogP contribution in [-0.2, 0) is 17.8 Å². The summed E-state index contributed by atoms with van der Waals surface area (Å²) < 4.78 is 10.9. The SMILES string of the molecule is COc1ccc(NC(=O)COc2cccc3c2CCN(Cc2cccc(C)c2)C3=O)cc1. The monoisotopic (exact) mass is 430 g/mol. The van der Waals surface area contributed by atoms with E-state index >= 15 is 0 Å². The molecular weight excluding hydrogens is 404 g/mol. The largest absolute Gasteiger partial charge is 0.497 e. The first kappa shape index (κ1) is 21.4. The van der Waals surface area contributed by atoms with Crippen molar-refractivity contribution in [3.8, 4) is 11.5 Å². The average molecular weight is 431 g/mol. The van der Waals surface area contributed by atoms with Crippen LogP contribution in [0.4, 0.5) is 5.69 Å². The van der Waals surface area contributed by atoms with Gasteiger partial charge < -0.3 is 19.7 Å². The molecule has 0 unspecified atom stereocenters. The second-order valence-electron chi connectivity index (χ2n) is 7.81. The molecule has 32 heavy (non-hydrogen) atoms. The molecule has 0 aliphatic carbocycles. The summed E-state index contributed by atoms with van der Waals surface area (Å²) in [5.74, 6) is 1.02. The zero-order chi connectivity index (χ0) is 22.5. The van der Waals surface area contributed by atoms with E-state index in [0.29, 0.717) is 36.5 Å². The Bertz CT molecular complexity index is 1120. The van der Waals surface area contributed by atoms with E-state index in [9.17, 15) is 9.59 Å². The van der Waals surface area contributed by atoms with Crippen molar-refractivity contribution in [1.82, 2.24) is 4.90 Å². The number of fused-ring (bicyclic) bond motifs is 1. The van der Waals surface area contributed by atoms with E-state index < -0.39 is 0 Å². The molecule has 6 heteroatoms. The van der Waals surface area contributed by atoms with Gasteiger partial charge in [-0.15, -0.1) is 0 Å². The van der Waals surface area contributed by atoms with Crippen molar-refractivity contribution in [1.29, 1.82) is 0 Å². The standard InChI is InChI=1S/C26H26N2O4/c1-18-5-3-6-19(15-18)16-28-14-13-22-23(26(28)30)7-4-8-24(22)32-17-25(29)27-20-9-11-21(31-2)12-10-20/h3-12,15H,13-14,16-17H2,1-2H3,(H,27,29). The maximum atomic E-state index is 13.1. The van der Waals surface area contributed by atoms with Gasteiger partial charge in [-0.3, -0.25) is 9.59 Å². The van der Waals surface area contributed by atoms with Crippen LogP contribution in [0.1, 0.15) is 27.0 Å². The summed E-state index contributed by atoms with van der Waals surface area (Å²) in [5.41, 5.74) is 4.45. The summed E-state index contributed by atoms with van der Waals surface area (Å²) in [7, 11) is 1.59. The van der Waals surface area contributed by atoms with Gasteiger partial charge in [-0.25, -0.2) is 0 Å². The van der Waals surface area contributed by atoms with Gasteiger partial charge in [-0.2, -0.15) is 0 Å². The lowest BCUT2D eigenvalue weighted by molar-refractivity contribution is -0.118. The summed E-state index contributed by atoms with van der Waals surface area (Å²) in [6.45, 7) is 3.10. The number of rotatable bonds is 7. The lowest BCUT2D eigenvalue weighted by Crippen LogP contribution is -2.37. The van der Waals surface area contributed by atoms with Gasteiger partial charge in [-0.1, -0.05) is 35.9 Å². The number of ether oxygens (including phenoxy) is 2. The molecule has 2 amide bonds. The van der Waals surface area contributed by atoms with Crippen molar-refractivity contribution < 1.29 is 19.1 Å². The number of hydrogen-bond donors (Lipinski definition) is 1. The summed E-state index contributed by atoms with van der Waals surface area (Å²) in [5, 5.41) is 2.80. The van der Waals surface area contributed by atoms with E-state index in [-0.39, 0.29) is 18.4 Å². The molecule has 1 N–H and O–H groups in total. The lowest BCUT2D eigenvalue weighted by Gasteiger charge is -2.29. The van der Waals surface area contributed by atoms with E-state index in [2.05, 4.69) is 11.4 Å². The molecular formula is C26H26N2O4. The van der Waals surface area contributed by atoms with Crippen molar-refractivity contribution in [2.75, 3.05) is 25.6 Å². The molecule has 0 radical (unpaired) electrons. The number of nitrogens with one attached hydrogen (secondary N) is 1. The summed E-state index contributed by atoms with van der Waals surface area (Å²) in [6.07, 6.45) is 0.684. The second kappa shape index (κ2) is 9.56. The van der Waals surface area contributed by atoms with Crippen LogP contribution in [0.15, 0.2) is 66.7 Å². The Kier molecular flexibility index (Phi) is 6.40. The van der Waals surface area contributed by atoms with E-state index in [1.165, 1.54) is 5.56 Å². The number of nitrogens with zero attached hydrogens (tertiary/aromatic N) is 1. The zero-order valence-corrected chi connectivity index (χ0v) is 18.3. The third-order valence-electron chi connectivity index (χ3n) is 5.47. The van der Waals surface area contributed by atoms with Gasteiger partial charge in [0, 0.05) is 29.9 Å². The Morgan fingerprint density at radius 3 is 2.59 bits per heavy atom. The molecule has 3 aromatic carbocycles. The predicted octanol–water partition coefficient (Wildman–Crippen LogP) is 4.22. The summed E-state index contributed by atoms with van der Waals surface area (Å²) in [6, 6.07) is 20.7. The summed E-state index contributed by atoms with van der Waals surface area (Å²) in [4.78, 5) is 27.2. The van der Waals surface area contributed by atoms with Crippen LogP contribution in [0.25, 0.3) is 0 Å². The van der Waals surface area contributed by atoms with Crippen LogP contribution in [0.5, 0.6) is 11.5 Å². The zero-order valence-electron chi connectivity index (χ0n) is 18.3. The summed E-state index contributed by atoms with van der Waals surface area (Å²) >= 11 is 0. The van der Waals surface area contributed by atoms with Crippen molar-refractivity contribution in [2.24, 2.45) is 0 Å². The minimum Gasteiger partial charge on any atom is -0.497 e. The Hall–Kier alpha value is -3.80. The van der Waals surface area contributed by atoms with Gasteiger partial charge in [0.05, 0.1) is 7.11 Å². The second-order valence-corrected chi connectivity index (χ2v) is 7.81. The number of aryl methyl sites for hydroxylation is 1. The van der Waals surface area contributed by atoms with Gasteiger partial charge in [0.25, 0.3) is 11.8 Å². The molecule has 1 aliphatic heterocycles. The van der Waals surface area contributed by atoms with Crippen molar-refractivity contribution in [3.63, 3.8) is 0 Å². The van der Waals surface area contributed by atoms with Crippen LogP contribution in [-0.4, -0.2) is 37.0 Å². The molecule has 0 saturated carbocycles. The maximum Gasteiger partial charge on any atom is 0.262 e. The molecule has 0 bridgehead atoms. The molecule has 4 rings (SSSR count). The quantitative estimate of drug-likeness (QED) is 0.609. The molecule has 0 fully saturated rings. The number of carbonyl (C=O) groups is 2. The maximum absolute atomic E-state index is 13.1.